The van der Waals surface area contributed by atoms with Crippen LogP contribution < -0.4 is 10.1 Å². The Balaban J connectivity index is 1.81. The predicted octanol–water partition coefficient (Wildman–Crippen LogP) is 4.37. The molecule has 3 heterocycles. The van der Waals surface area contributed by atoms with Gasteiger partial charge in [-0.2, -0.15) is 0 Å². The molecular weight excluding hydrogens is 349 g/mol. The topological polar surface area (TPSA) is 47.0 Å². The van der Waals surface area contributed by atoms with E-state index in [1.807, 2.05) is 23.6 Å². The standard InChI is InChI=1S/C20H20FN3OS/c1-25-15-8-6-7-14(21)18(15)19-24-17(13-26-19)20(10-3-5-12-23-20)16-9-2-4-11-22-16/h2,4,6-9,11,13,23H,3,5,10,12H2,1H3/t20-/m1/s1. The number of hydrogen-bond acceptors (Lipinski definition) is 5. The van der Waals surface area contributed by atoms with Gasteiger partial charge in [0, 0.05) is 11.6 Å². The highest BCUT2D eigenvalue weighted by Gasteiger charge is 2.39. The van der Waals surface area contributed by atoms with Crippen molar-refractivity contribution >= 4 is 11.3 Å². The number of thiazole rings is 1. The normalized spacial score (nSPS) is 20.1. The molecule has 134 valence electrons. The van der Waals surface area contributed by atoms with E-state index in [4.69, 9.17) is 9.72 Å². The van der Waals surface area contributed by atoms with Crippen molar-refractivity contribution in [2.75, 3.05) is 13.7 Å². The van der Waals surface area contributed by atoms with Crippen molar-refractivity contribution in [1.82, 2.24) is 15.3 Å². The van der Waals surface area contributed by atoms with E-state index in [2.05, 4.69) is 10.3 Å². The number of aromatic nitrogens is 2. The van der Waals surface area contributed by atoms with Gasteiger partial charge in [-0.05, 0) is 50.1 Å². The van der Waals surface area contributed by atoms with Crippen LogP contribution in [0.25, 0.3) is 10.6 Å². The summed E-state index contributed by atoms with van der Waals surface area (Å²) in [6.07, 6.45) is 4.95. The van der Waals surface area contributed by atoms with Crippen molar-refractivity contribution < 1.29 is 9.13 Å². The summed E-state index contributed by atoms with van der Waals surface area (Å²) in [7, 11) is 1.55. The first-order valence-electron chi connectivity index (χ1n) is 8.70. The zero-order chi connectivity index (χ0) is 18.0. The fraction of sp³-hybridized carbons (Fsp3) is 0.300. The van der Waals surface area contributed by atoms with E-state index in [1.165, 1.54) is 17.4 Å². The van der Waals surface area contributed by atoms with Crippen LogP contribution in [0.1, 0.15) is 30.7 Å². The summed E-state index contributed by atoms with van der Waals surface area (Å²) in [6, 6.07) is 10.8. The number of ether oxygens (including phenoxy) is 1. The molecule has 0 saturated carbocycles. The van der Waals surface area contributed by atoms with E-state index in [0.29, 0.717) is 16.3 Å². The second-order valence-electron chi connectivity index (χ2n) is 6.36. The number of nitrogens with one attached hydrogen (secondary N) is 1. The fourth-order valence-electron chi connectivity index (χ4n) is 3.56. The molecular formula is C20H20FN3OS. The average molecular weight is 369 g/mol. The summed E-state index contributed by atoms with van der Waals surface area (Å²) in [4.78, 5) is 9.41. The van der Waals surface area contributed by atoms with Gasteiger partial charge in [0.2, 0.25) is 0 Å². The Morgan fingerprint density at radius 3 is 2.81 bits per heavy atom. The van der Waals surface area contributed by atoms with E-state index < -0.39 is 5.54 Å². The lowest BCUT2D eigenvalue weighted by atomic mass is 9.83. The predicted molar refractivity (Wildman–Crippen MR) is 101 cm³/mol. The van der Waals surface area contributed by atoms with Crippen molar-refractivity contribution in [2.45, 2.75) is 24.8 Å². The number of halogens is 1. The smallest absolute Gasteiger partial charge is 0.137 e. The summed E-state index contributed by atoms with van der Waals surface area (Å²) in [5, 5.41) is 6.26. The van der Waals surface area contributed by atoms with Crippen LogP contribution in [0.2, 0.25) is 0 Å². The lowest BCUT2D eigenvalue weighted by Gasteiger charge is -2.36. The monoisotopic (exact) mass is 369 g/mol. The van der Waals surface area contributed by atoms with Gasteiger partial charge in [-0.3, -0.25) is 4.98 Å². The maximum Gasteiger partial charge on any atom is 0.137 e. The Bertz CT molecular complexity index is 891. The third-order valence-corrected chi connectivity index (χ3v) is 5.72. The van der Waals surface area contributed by atoms with Crippen molar-refractivity contribution in [3.05, 3.63) is 65.2 Å². The van der Waals surface area contributed by atoms with E-state index >= 15 is 0 Å². The fourth-order valence-corrected chi connectivity index (χ4v) is 4.50. The molecule has 3 aromatic rings. The third-order valence-electron chi connectivity index (χ3n) is 4.86. The highest BCUT2D eigenvalue weighted by molar-refractivity contribution is 7.13. The van der Waals surface area contributed by atoms with Gasteiger partial charge >= 0.3 is 0 Å². The second-order valence-corrected chi connectivity index (χ2v) is 7.22. The average Bonchev–Trinajstić information content (AvgIpc) is 3.19. The van der Waals surface area contributed by atoms with Gasteiger partial charge in [0.25, 0.3) is 0 Å². The van der Waals surface area contributed by atoms with Gasteiger partial charge in [-0.25, -0.2) is 9.37 Å². The lowest BCUT2D eigenvalue weighted by molar-refractivity contribution is 0.297. The van der Waals surface area contributed by atoms with E-state index in [-0.39, 0.29) is 5.82 Å². The van der Waals surface area contributed by atoms with Crippen molar-refractivity contribution in [3.63, 3.8) is 0 Å². The Morgan fingerprint density at radius 2 is 2.08 bits per heavy atom. The summed E-state index contributed by atoms with van der Waals surface area (Å²) in [6.45, 7) is 0.909. The molecule has 2 aromatic heterocycles. The molecule has 0 bridgehead atoms. The molecule has 4 rings (SSSR count). The minimum atomic E-state index is -0.424. The second kappa shape index (κ2) is 7.13. The maximum absolute atomic E-state index is 14.5. The molecule has 1 aromatic carbocycles. The Hall–Kier alpha value is -2.31. The number of benzene rings is 1. The zero-order valence-electron chi connectivity index (χ0n) is 14.5. The molecule has 0 aliphatic carbocycles. The minimum Gasteiger partial charge on any atom is -0.496 e. The molecule has 1 aliphatic rings. The first kappa shape index (κ1) is 17.1. The Labute approximate surface area is 156 Å². The SMILES string of the molecule is COc1cccc(F)c1-c1nc([C@]2(c3ccccn3)CCCCN2)cs1. The highest BCUT2D eigenvalue weighted by Crippen LogP contribution is 2.40. The number of pyridine rings is 1. The highest BCUT2D eigenvalue weighted by atomic mass is 32.1. The van der Waals surface area contributed by atoms with Crippen LogP contribution in [-0.2, 0) is 5.54 Å². The summed E-state index contributed by atoms with van der Waals surface area (Å²) < 4.78 is 19.8. The van der Waals surface area contributed by atoms with Crippen LogP contribution in [0, 0.1) is 5.82 Å². The first-order chi connectivity index (χ1) is 12.7. The minimum absolute atomic E-state index is 0.325. The maximum atomic E-state index is 14.5. The Kier molecular flexibility index (Phi) is 4.70. The summed E-state index contributed by atoms with van der Waals surface area (Å²) in [5.41, 5.74) is 1.84. The largest absolute Gasteiger partial charge is 0.496 e. The van der Waals surface area contributed by atoms with E-state index in [9.17, 15) is 4.39 Å². The van der Waals surface area contributed by atoms with E-state index in [1.54, 1.807) is 25.4 Å². The van der Waals surface area contributed by atoms with Gasteiger partial charge in [0.15, 0.2) is 0 Å². The third kappa shape index (κ3) is 2.89. The molecule has 0 spiro atoms. The van der Waals surface area contributed by atoms with Gasteiger partial charge in [-0.15, -0.1) is 11.3 Å². The molecule has 0 unspecified atom stereocenters. The lowest BCUT2D eigenvalue weighted by Crippen LogP contribution is -2.47. The quantitative estimate of drug-likeness (QED) is 0.742. The van der Waals surface area contributed by atoms with Crippen molar-refractivity contribution in [2.24, 2.45) is 0 Å². The van der Waals surface area contributed by atoms with Crippen LogP contribution in [-0.4, -0.2) is 23.6 Å². The number of hydrogen-bond donors (Lipinski definition) is 1. The molecule has 26 heavy (non-hydrogen) atoms. The summed E-state index contributed by atoms with van der Waals surface area (Å²) >= 11 is 1.43. The van der Waals surface area contributed by atoms with Gasteiger partial charge in [0.05, 0.1) is 24.1 Å². The number of piperidine rings is 1. The first-order valence-corrected chi connectivity index (χ1v) is 9.58. The van der Waals surface area contributed by atoms with Crippen molar-refractivity contribution in [1.29, 1.82) is 0 Å². The number of nitrogens with zero attached hydrogens (tertiary/aromatic N) is 2. The molecule has 1 saturated heterocycles. The zero-order valence-corrected chi connectivity index (χ0v) is 15.4. The van der Waals surface area contributed by atoms with Crippen LogP contribution in [0.5, 0.6) is 5.75 Å². The number of methoxy groups -OCH3 is 1. The van der Waals surface area contributed by atoms with E-state index in [0.717, 1.165) is 37.2 Å². The Morgan fingerprint density at radius 1 is 1.15 bits per heavy atom. The summed E-state index contributed by atoms with van der Waals surface area (Å²) in [5.74, 6) is 0.170. The number of rotatable bonds is 4. The molecule has 0 radical (unpaired) electrons. The van der Waals surface area contributed by atoms with Gasteiger partial charge in [-0.1, -0.05) is 12.1 Å². The molecule has 0 amide bonds. The molecule has 1 atom stereocenters. The van der Waals surface area contributed by atoms with Crippen LogP contribution in [0.15, 0.2) is 48.0 Å². The van der Waals surface area contributed by atoms with Crippen LogP contribution in [0.4, 0.5) is 4.39 Å². The van der Waals surface area contributed by atoms with Crippen molar-refractivity contribution in [3.8, 4) is 16.3 Å². The molecule has 1 N–H and O–H groups in total. The van der Waals surface area contributed by atoms with Gasteiger partial charge < -0.3 is 10.1 Å². The van der Waals surface area contributed by atoms with Crippen LogP contribution >= 0.6 is 11.3 Å². The molecule has 4 nitrogen and oxygen atoms in total. The molecule has 6 heteroatoms. The van der Waals surface area contributed by atoms with Crippen LogP contribution in [0.3, 0.4) is 0 Å². The van der Waals surface area contributed by atoms with Gasteiger partial charge in [0.1, 0.15) is 22.1 Å². The molecule has 1 fully saturated rings. The molecule has 1 aliphatic heterocycles.